The summed E-state index contributed by atoms with van der Waals surface area (Å²) in [6.07, 6.45) is 10.1. The topological polar surface area (TPSA) is 24.1 Å². The van der Waals surface area contributed by atoms with E-state index in [1.807, 2.05) is 0 Å². The van der Waals surface area contributed by atoms with Gasteiger partial charge in [0.05, 0.1) is 0 Å². The molecule has 0 aromatic rings. The highest BCUT2D eigenvalue weighted by Gasteiger charge is 2.53. The van der Waals surface area contributed by atoms with Gasteiger partial charge in [0.15, 0.2) is 0 Å². The van der Waals surface area contributed by atoms with Crippen LogP contribution < -0.4 is 10.6 Å². The van der Waals surface area contributed by atoms with Crippen LogP contribution in [0.15, 0.2) is 0 Å². The first-order valence-corrected chi connectivity index (χ1v) is 7.70. The molecular weight excluding hydrogens is 208 g/mol. The van der Waals surface area contributed by atoms with Gasteiger partial charge in [-0.25, -0.2) is 0 Å². The van der Waals surface area contributed by atoms with Crippen molar-refractivity contribution < 1.29 is 0 Å². The maximum Gasteiger partial charge on any atom is 0.00107 e. The molecule has 2 aliphatic carbocycles. The van der Waals surface area contributed by atoms with E-state index in [0.29, 0.717) is 5.41 Å². The van der Waals surface area contributed by atoms with Gasteiger partial charge in [0.2, 0.25) is 0 Å². The summed E-state index contributed by atoms with van der Waals surface area (Å²) < 4.78 is 0. The Bertz CT molecular complexity index is 260. The molecule has 0 aromatic heterocycles. The van der Waals surface area contributed by atoms with Crippen molar-refractivity contribution in [2.24, 2.45) is 16.7 Å². The van der Waals surface area contributed by atoms with Gasteiger partial charge in [0.1, 0.15) is 0 Å². The molecule has 2 saturated carbocycles. The van der Waals surface area contributed by atoms with Gasteiger partial charge in [0.25, 0.3) is 0 Å². The molecular formula is C15H28N2. The molecule has 0 radical (unpaired) electrons. The molecule has 0 bridgehead atoms. The van der Waals surface area contributed by atoms with Gasteiger partial charge in [-0.15, -0.1) is 0 Å². The number of nitrogens with one attached hydrogen (secondary N) is 2. The van der Waals surface area contributed by atoms with Crippen LogP contribution in [0.1, 0.15) is 51.9 Å². The van der Waals surface area contributed by atoms with Crippen LogP contribution >= 0.6 is 0 Å². The minimum Gasteiger partial charge on any atom is -0.317 e. The maximum absolute atomic E-state index is 3.84. The highest BCUT2D eigenvalue weighted by molar-refractivity contribution is 5.05. The lowest BCUT2D eigenvalue weighted by Gasteiger charge is -2.37. The number of piperidine rings is 1. The van der Waals surface area contributed by atoms with E-state index in [1.54, 1.807) is 0 Å². The molecule has 1 saturated heterocycles. The lowest BCUT2D eigenvalue weighted by Crippen LogP contribution is -2.44. The average Bonchev–Trinajstić information content (AvgIpc) is 3.23. The Morgan fingerprint density at radius 3 is 2.29 bits per heavy atom. The molecule has 0 unspecified atom stereocenters. The summed E-state index contributed by atoms with van der Waals surface area (Å²) in [5.74, 6) is 1.10. The number of hydrogen-bond acceptors (Lipinski definition) is 2. The van der Waals surface area contributed by atoms with Gasteiger partial charge in [0, 0.05) is 13.1 Å². The zero-order valence-corrected chi connectivity index (χ0v) is 11.4. The van der Waals surface area contributed by atoms with Crippen LogP contribution in [0.5, 0.6) is 0 Å². The third-order valence-electron chi connectivity index (χ3n) is 5.73. The van der Waals surface area contributed by atoms with E-state index in [2.05, 4.69) is 17.6 Å². The smallest absolute Gasteiger partial charge is 0.00107 e. The van der Waals surface area contributed by atoms with Gasteiger partial charge in [-0.2, -0.15) is 0 Å². The Morgan fingerprint density at radius 1 is 1.06 bits per heavy atom. The van der Waals surface area contributed by atoms with Crippen molar-refractivity contribution in [3.63, 3.8) is 0 Å². The van der Waals surface area contributed by atoms with E-state index in [0.717, 1.165) is 11.3 Å². The highest BCUT2D eigenvalue weighted by Crippen LogP contribution is 2.60. The molecule has 1 heterocycles. The second-order valence-electron chi connectivity index (χ2n) is 6.84. The zero-order valence-electron chi connectivity index (χ0n) is 11.4. The van der Waals surface area contributed by atoms with Crippen molar-refractivity contribution in [3.05, 3.63) is 0 Å². The second-order valence-corrected chi connectivity index (χ2v) is 6.84. The van der Waals surface area contributed by atoms with Gasteiger partial charge in [-0.05, 0) is 74.8 Å². The van der Waals surface area contributed by atoms with Gasteiger partial charge >= 0.3 is 0 Å². The molecule has 2 N–H and O–H groups in total. The van der Waals surface area contributed by atoms with E-state index in [9.17, 15) is 0 Å². The Labute approximate surface area is 106 Å². The summed E-state index contributed by atoms with van der Waals surface area (Å²) >= 11 is 0. The third kappa shape index (κ3) is 2.53. The predicted molar refractivity (Wildman–Crippen MR) is 72.1 cm³/mol. The van der Waals surface area contributed by atoms with Gasteiger partial charge < -0.3 is 10.6 Å². The van der Waals surface area contributed by atoms with Gasteiger partial charge in [-0.1, -0.05) is 6.92 Å². The zero-order chi connectivity index (χ0) is 11.8. The van der Waals surface area contributed by atoms with Crippen molar-refractivity contribution in [2.45, 2.75) is 51.9 Å². The summed E-state index contributed by atoms with van der Waals surface area (Å²) in [4.78, 5) is 0. The Kier molecular flexibility index (Phi) is 3.20. The van der Waals surface area contributed by atoms with Crippen LogP contribution in [0.2, 0.25) is 0 Å². The monoisotopic (exact) mass is 236 g/mol. The maximum atomic E-state index is 3.84. The summed E-state index contributed by atoms with van der Waals surface area (Å²) in [5.41, 5.74) is 1.37. The van der Waals surface area contributed by atoms with Gasteiger partial charge in [-0.3, -0.25) is 0 Å². The normalized spacial score (nSPS) is 30.2. The Balaban J connectivity index is 1.46. The SMILES string of the molecule is CCC1(CNCC2(C3CC3)CC2)CCNCC1. The van der Waals surface area contributed by atoms with Crippen LogP contribution in [0, 0.1) is 16.7 Å². The van der Waals surface area contributed by atoms with E-state index in [1.165, 1.54) is 71.1 Å². The summed E-state index contributed by atoms with van der Waals surface area (Å²) in [7, 11) is 0. The van der Waals surface area contributed by atoms with Crippen molar-refractivity contribution in [1.29, 1.82) is 0 Å². The van der Waals surface area contributed by atoms with E-state index < -0.39 is 0 Å². The average molecular weight is 236 g/mol. The number of hydrogen-bond donors (Lipinski definition) is 2. The van der Waals surface area contributed by atoms with Crippen LogP contribution in [0.3, 0.4) is 0 Å². The molecule has 98 valence electrons. The Hall–Kier alpha value is -0.0800. The lowest BCUT2D eigenvalue weighted by atomic mass is 9.76. The highest BCUT2D eigenvalue weighted by atomic mass is 14.9. The molecule has 3 rings (SSSR count). The predicted octanol–water partition coefficient (Wildman–Crippen LogP) is 2.55. The minimum atomic E-state index is 0.602. The van der Waals surface area contributed by atoms with E-state index in [4.69, 9.17) is 0 Å². The van der Waals surface area contributed by atoms with Crippen molar-refractivity contribution >= 4 is 0 Å². The van der Waals surface area contributed by atoms with E-state index >= 15 is 0 Å². The summed E-state index contributed by atoms with van der Waals surface area (Å²) in [5, 5.41) is 7.34. The first kappa shape index (κ1) is 12.0. The fourth-order valence-corrected chi connectivity index (χ4v) is 3.77. The molecule has 0 spiro atoms. The standard InChI is InChI=1S/C15H28N2/c1-2-14(7-9-16-10-8-14)11-17-12-15(5-6-15)13-3-4-13/h13,16-17H,2-12H2,1H3. The first-order chi connectivity index (χ1) is 8.29. The largest absolute Gasteiger partial charge is 0.317 e. The molecule has 3 aliphatic rings. The molecule has 3 fully saturated rings. The second kappa shape index (κ2) is 4.55. The van der Waals surface area contributed by atoms with Crippen molar-refractivity contribution in [3.8, 4) is 0 Å². The van der Waals surface area contributed by atoms with Crippen molar-refractivity contribution in [2.75, 3.05) is 26.2 Å². The molecule has 2 heteroatoms. The molecule has 2 nitrogen and oxygen atoms in total. The molecule has 0 amide bonds. The first-order valence-electron chi connectivity index (χ1n) is 7.70. The molecule has 0 atom stereocenters. The van der Waals surface area contributed by atoms with Crippen LogP contribution in [-0.4, -0.2) is 26.2 Å². The fraction of sp³-hybridized carbons (Fsp3) is 1.00. The fourth-order valence-electron chi connectivity index (χ4n) is 3.77. The number of rotatable bonds is 6. The molecule has 1 aliphatic heterocycles. The molecule has 0 aromatic carbocycles. The van der Waals surface area contributed by atoms with Crippen molar-refractivity contribution in [1.82, 2.24) is 10.6 Å². The van der Waals surface area contributed by atoms with Crippen LogP contribution in [0.25, 0.3) is 0 Å². The third-order valence-corrected chi connectivity index (χ3v) is 5.73. The Morgan fingerprint density at radius 2 is 1.76 bits per heavy atom. The lowest BCUT2D eigenvalue weighted by molar-refractivity contribution is 0.180. The minimum absolute atomic E-state index is 0.602. The van der Waals surface area contributed by atoms with E-state index in [-0.39, 0.29) is 0 Å². The quantitative estimate of drug-likeness (QED) is 0.740. The summed E-state index contributed by atoms with van der Waals surface area (Å²) in [6, 6.07) is 0. The van der Waals surface area contributed by atoms with Crippen LogP contribution in [-0.2, 0) is 0 Å². The molecule has 17 heavy (non-hydrogen) atoms. The van der Waals surface area contributed by atoms with Crippen LogP contribution in [0.4, 0.5) is 0 Å². The summed E-state index contributed by atoms with van der Waals surface area (Å²) in [6.45, 7) is 7.40.